The second-order valence-corrected chi connectivity index (χ2v) is 4.22. The summed E-state index contributed by atoms with van der Waals surface area (Å²) < 4.78 is 0. The molecule has 2 atom stereocenters. The molecule has 1 aromatic carbocycles. The molecule has 1 amide bonds. The summed E-state index contributed by atoms with van der Waals surface area (Å²) in [5.41, 5.74) is 2.71. The molecular weight excluding hydrogens is 186 g/mol. The van der Waals surface area contributed by atoms with Crippen molar-refractivity contribution >= 4 is 5.91 Å². The fourth-order valence-electron chi connectivity index (χ4n) is 2.39. The topological polar surface area (TPSA) is 29.1 Å². The van der Waals surface area contributed by atoms with Gasteiger partial charge in [0.05, 0.1) is 0 Å². The van der Waals surface area contributed by atoms with E-state index in [2.05, 4.69) is 43.4 Å². The smallest absolute Gasteiger partial charge is 0.220 e. The molecule has 0 bridgehead atoms. The number of nitrogens with one attached hydrogen (secondary N) is 1. The molecule has 0 saturated carbocycles. The van der Waals surface area contributed by atoms with Crippen LogP contribution >= 0.6 is 0 Å². The maximum Gasteiger partial charge on any atom is 0.220 e. The summed E-state index contributed by atoms with van der Waals surface area (Å²) in [4.78, 5) is 11.3. The van der Waals surface area contributed by atoms with Crippen molar-refractivity contribution in [3.8, 4) is 0 Å². The minimum Gasteiger partial charge on any atom is -0.353 e. The highest BCUT2D eigenvalue weighted by Gasteiger charge is 2.30. The first kappa shape index (κ1) is 10.2. The molecule has 0 aliphatic carbocycles. The molecule has 2 unspecified atom stereocenters. The normalized spacial score (nSPS) is 25.3. The molecule has 2 rings (SSSR count). The number of aryl methyl sites for hydroxylation is 1. The van der Waals surface area contributed by atoms with Crippen molar-refractivity contribution < 1.29 is 4.79 Å². The van der Waals surface area contributed by atoms with E-state index in [1.54, 1.807) is 0 Å². The summed E-state index contributed by atoms with van der Waals surface area (Å²) >= 11 is 0. The number of amides is 1. The van der Waals surface area contributed by atoms with Crippen LogP contribution in [0.2, 0.25) is 0 Å². The molecule has 1 fully saturated rings. The monoisotopic (exact) mass is 203 g/mol. The predicted molar refractivity (Wildman–Crippen MR) is 60.8 cm³/mol. The average Bonchev–Trinajstić information content (AvgIpc) is 2.57. The van der Waals surface area contributed by atoms with E-state index in [-0.39, 0.29) is 11.9 Å². The molecule has 1 N–H and O–H groups in total. The summed E-state index contributed by atoms with van der Waals surface area (Å²) in [6, 6.07) is 8.71. The molecule has 0 spiro atoms. The summed E-state index contributed by atoms with van der Waals surface area (Å²) in [7, 11) is 0. The average molecular weight is 203 g/mol. The van der Waals surface area contributed by atoms with Crippen LogP contribution in [0.1, 0.15) is 37.3 Å². The number of carbonyl (C=O) groups excluding carboxylic acids is 1. The minimum absolute atomic E-state index is 0.179. The predicted octanol–water partition coefficient (Wildman–Crippen LogP) is 2.24. The van der Waals surface area contributed by atoms with Gasteiger partial charge in [-0.15, -0.1) is 0 Å². The van der Waals surface area contributed by atoms with Crippen LogP contribution in [0, 0.1) is 0 Å². The van der Waals surface area contributed by atoms with Gasteiger partial charge in [0.15, 0.2) is 0 Å². The highest BCUT2D eigenvalue weighted by atomic mass is 16.1. The van der Waals surface area contributed by atoms with Crippen molar-refractivity contribution in [3.63, 3.8) is 0 Å². The van der Waals surface area contributed by atoms with Crippen LogP contribution in [0.4, 0.5) is 0 Å². The van der Waals surface area contributed by atoms with Crippen LogP contribution in [-0.2, 0) is 11.2 Å². The first-order chi connectivity index (χ1) is 7.22. The fourth-order valence-corrected chi connectivity index (χ4v) is 2.39. The molecular formula is C13H17NO. The van der Waals surface area contributed by atoms with E-state index in [1.807, 2.05) is 0 Å². The maximum atomic E-state index is 11.3. The van der Waals surface area contributed by atoms with Crippen LogP contribution in [0.5, 0.6) is 0 Å². The molecule has 1 saturated heterocycles. The molecule has 80 valence electrons. The van der Waals surface area contributed by atoms with E-state index in [1.165, 1.54) is 11.1 Å². The lowest BCUT2D eigenvalue weighted by Crippen LogP contribution is -2.24. The molecule has 0 radical (unpaired) electrons. The molecule has 1 heterocycles. The van der Waals surface area contributed by atoms with Crippen molar-refractivity contribution in [2.24, 2.45) is 0 Å². The zero-order valence-electron chi connectivity index (χ0n) is 9.29. The van der Waals surface area contributed by atoms with Crippen LogP contribution in [0.25, 0.3) is 0 Å². The van der Waals surface area contributed by atoms with Gasteiger partial charge >= 0.3 is 0 Å². The highest BCUT2D eigenvalue weighted by Crippen LogP contribution is 2.30. The van der Waals surface area contributed by atoms with Crippen molar-refractivity contribution in [1.29, 1.82) is 0 Å². The van der Waals surface area contributed by atoms with Gasteiger partial charge in [0, 0.05) is 18.4 Å². The van der Waals surface area contributed by atoms with Crippen LogP contribution in [0.3, 0.4) is 0 Å². The molecule has 1 aliphatic heterocycles. The number of carbonyl (C=O) groups is 1. The Bertz CT molecular complexity index is 373. The Morgan fingerprint density at radius 1 is 1.40 bits per heavy atom. The van der Waals surface area contributed by atoms with Crippen molar-refractivity contribution in [2.45, 2.75) is 38.6 Å². The van der Waals surface area contributed by atoms with E-state index >= 15 is 0 Å². The Balaban J connectivity index is 2.32. The number of benzene rings is 1. The van der Waals surface area contributed by atoms with E-state index in [0.717, 1.165) is 6.42 Å². The van der Waals surface area contributed by atoms with E-state index in [0.29, 0.717) is 12.3 Å². The fraction of sp³-hybridized carbons (Fsp3) is 0.462. The van der Waals surface area contributed by atoms with Gasteiger partial charge in [-0.05, 0) is 24.5 Å². The Hall–Kier alpha value is -1.31. The SMILES string of the molecule is CCc1ccccc1C1CC(=O)NC1C. The van der Waals surface area contributed by atoms with E-state index in [4.69, 9.17) is 0 Å². The summed E-state index contributed by atoms with van der Waals surface area (Å²) in [5.74, 6) is 0.534. The lowest BCUT2D eigenvalue weighted by molar-refractivity contribution is -0.119. The Morgan fingerprint density at radius 3 is 2.73 bits per heavy atom. The first-order valence-corrected chi connectivity index (χ1v) is 5.59. The van der Waals surface area contributed by atoms with Gasteiger partial charge in [-0.1, -0.05) is 31.2 Å². The third-order valence-corrected chi connectivity index (χ3v) is 3.23. The van der Waals surface area contributed by atoms with Crippen molar-refractivity contribution in [1.82, 2.24) is 5.32 Å². The Morgan fingerprint density at radius 2 is 2.13 bits per heavy atom. The Kier molecular flexibility index (Phi) is 2.76. The van der Waals surface area contributed by atoms with E-state index < -0.39 is 0 Å². The van der Waals surface area contributed by atoms with Crippen LogP contribution in [0.15, 0.2) is 24.3 Å². The summed E-state index contributed by atoms with van der Waals surface area (Å²) in [6.07, 6.45) is 1.67. The van der Waals surface area contributed by atoms with Crippen molar-refractivity contribution in [3.05, 3.63) is 35.4 Å². The van der Waals surface area contributed by atoms with Gasteiger partial charge in [-0.2, -0.15) is 0 Å². The van der Waals surface area contributed by atoms with Gasteiger partial charge in [-0.25, -0.2) is 0 Å². The van der Waals surface area contributed by atoms with Crippen LogP contribution < -0.4 is 5.32 Å². The second-order valence-electron chi connectivity index (χ2n) is 4.22. The van der Waals surface area contributed by atoms with Crippen molar-refractivity contribution in [2.75, 3.05) is 0 Å². The van der Waals surface area contributed by atoms with Gasteiger partial charge in [0.25, 0.3) is 0 Å². The standard InChI is InChI=1S/C13H17NO/c1-3-10-6-4-5-7-11(10)12-8-13(15)14-9(12)2/h4-7,9,12H,3,8H2,1-2H3,(H,14,15). The quantitative estimate of drug-likeness (QED) is 0.784. The maximum absolute atomic E-state index is 11.3. The third kappa shape index (κ3) is 1.89. The third-order valence-electron chi connectivity index (χ3n) is 3.23. The zero-order chi connectivity index (χ0) is 10.8. The van der Waals surface area contributed by atoms with Gasteiger partial charge in [-0.3, -0.25) is 4.79 Å². The van der Waals surface area contributed by atoms with Gasteiger partial charge in [0.1, 0.15) is 0 Å². The minimum atomic E-state index is 0.179. The van der Waals surface area contributed by atoms with E-state index in [9.17, 15) is 4.79 Å². The summed E-state index contributed by atoms with van der Waals surface area (Å²) in [6.45, 7) is 4.25. The largest absolute Gasteiger partial charge is 0.353 e. The summed E-state index contributed by atoms with van der Waals surface area (Å²) in [5, 5.41) is 2.98. The molecule has 2 nitrogen and oxygen atoms in total. The molecule has 15 heavy (non-hydrogen) atoms. The molecule has 1 aliphatic rings. The first-order valence-electron chi connectivity index (χ1n) is 5.59. The zero-order valence-corrected chi connectivity index (χ0v) is 9.29. The molecule has 2 heteroatoms. The Labute approximate surface area is 90.7 Å². The number of rotatable bonds is 2. The lowest BCUT2D eigenvalue weighted by atomic mass is 9.88. The lowest BCUT2D eigenvalue weighted by Gasteiger charge is -2.17. The van der Waals surface area contributed by atoms with Crippen LogP contribution in [-0.4, -0.2) is 11.9 Å². The number of hydrogen-bond acceptors (Lipinski definition) is 1. The molecule has 0 aromatic heterocycles. The van der Waals surface area contributed by atoms with Gasteiger partial charge in [0.2, 0.25) is 5.91 Å². The second kappa shape index (κ2) is 4.05. The molecule has 1 aromatic rings. The number of hydrogen-bond donors (Lipinski definition) is 1. The highest BCUT2D eigenvalue weighted by molar-refractivity contribution is 5.80. The van der Waals surface area contributed by atoms with Gasteiger partial charge < -0.3 is 5.32 Å².